The Bertz CT molecular complexity index is 663. The maximum atomic E-state index is 12.9. The van der Waals surface area contributed by atoms with Gasteiger partial charge < -0.3 is 24.6 Å². The van der Waals surface area contributed by atoms with Crippen molar-refractivity contribution in [2.75, 3.05) is 52.4 Å². The Labute approximate surface area is 141 Å². The zero-order chi connectivity index (χ0) is 17.3. The van der Waals surface area contributed by atoms with Gasteiger partial charge in [0.05, 0.1) is 19.1 Å². The van der Waals surface area contributed by atoms with Crippen molar-refractivity contribution in [1.29, 1.82) is 0 Å². The number of rotatable bonds is 4. The van der Waals surface area contributed by atoms with E-state index < -0.39 is 5.41 Å². The zero-order valence-corrected chi connectivity index (χ0v) is 14.3. The summed E-state index contributed by atoms with van der Waals surface area (Å²) in [7, 11) is 4.98. The predicted octanol–water partition coefficient (Wildman–Crippen LogP) is 0.971. The summed E-state index contributed by atoms with van der Waals surface area (Å²) in [5.74, 6) is 0.761. The second-order valence-corrected chi connectivity index (χ2v) is 6.23. The third-order valence-corrected chi connectivity index (χ3v) is 4.93. The van der Waals surface area contributed by atoms with Crippen LogP contribution in [0.2, 0.25) is 0 Å². The molecule has 0 bridgehead atoms. The number of benzene rings is 1. The lowest BCUT2D eigenvalue weighted by molar-refractivity contribution is -0.122. The van der Waals surface area contributed by atoms with Gasteiger partial charge in [-0.2, -0.15) is 0 Å². The zero-order valence-electron chi connectivity index (χ0n) is 14.3. The molecule has 1 N–H and O–H groups in total. The van der Waals surface area contributed by atoms with Gasteiger partial charge in [-0.05, 0) is 30.2 Å². The van der Waals surface area contributed by atoms with Crippen LogP contribution < -0.4 is 15.0 Å². The number of likely N-dealkylation sites (tertiary alicyclic amines) is 1. The molecule has 2 aliphatic rings. The van der Waals surface area contributed by atoms with Crippen molar-refractivity contribution in [3.8, 4) is 5.75 Å². The highest BCUT2D eigenvalue weighted by Gasteiger charge is 2.54. The molecule has 1 aromatic carbocycles. The Morgan fingerprint density at radius 3 is 2.88 bits per heavy atom. The molecule has 1 fully saturated rings. The molecule has 7 heteroatoms. The van der Waals surface area contributed by atoms with Crippen LogP contribution in [0.5, 0.6) is 5.75 Å². The van der Waals surface area contributed by atoms with Crippen molar-refractivity contribution in [2.45, 2.75) is 11.8 Å². The van der Waals surface area contributed by atoms with Crippen LogP contribution in [0.4, 0.5) is 10.5 Å². The average molecular weight is 333 g/mol. The lowest BCUT2D eigenvalue weighted by Crippen LogP contribution is -2.45. The van der Waals surface area contributed by atoms with Gasteiger partial charge in [0.15, 0.2) is 0 Å². The largest absolute Gasteiger partial charge is 0.497 e. The van der Waals surface area contributed by atoms with E-state index in [2.05, 4.69) is 5.32 Å². The number of methoxy groups -OCH3 is 2. The van der Waals surface area contributed by atoms with Crippen LogP contribution in [-0.2, 0) is 14.9 Å². The summed E-state index contributed by atoms with van der Waals surface area (Å²) in [6.07, 6.45) is 0.619. The number of fused-ring (bicyclic) bond motifs is 2. The van der Waals surface area contributed by atoms with Crippen LogP contribution in [0.25, 0.3) is 0 Å². The summed E-state index contributed by atoms with van der Waals surface area (Å²) in [5.41, 5.74) is 1.17. The Kier molecular flexibility index (Phi) is 4.36. The summed E-state index contributed by atoms with van der Waals surface area (Å²) < 4.78 is 10.3. The lowest BCUT2D eigenvalue weighted by Gasteiger charge is -2.23. The van der Waals surface area contributed by atoms with Gasteiger partial charge in [0.25, 0.3) is 0 Å². The molecule has 1 aromatic rings. The minimum absolute atomic E-state index is 0.0398. The van der Waals surface area contributed by atoms with E-state index in [4.69, 9.17) is 9.47 Å². The second kappa shape index (κ2) is 6.32. The molecule has 1 atom stereocenters. The van der Waals surface area contributed by atoms with Crippen molar-refractivity contribution in [3.63, 3.8) is 0 Å². The van der Waals surface area contributed by atoms with Crippen LogP contribution in [0.15, 0.2) is 18.2 Å². The van der Waals surface area contributed by atoms with Gasteiger partial charge in [0.2, 0.25) is 5.91 Å². The van der Waals surface area contributed by atoms with Gasteiger partial charge in [0, 0.05) is 39.5 Å². The van der Waals surface area contributed by atoms with Crippen LogP contribution in [0, 0.1) is 0 Å². The van der Waals surface area contributed by atoms with Gasteiger partial charge in [-0.25, -0.2) is 4.79 Å². The minimum atomic E-state index is -0.669. The molecule has 3 amide bonds. The van der Waals surface area contributed by atoms with Crippen molar-refractivity contribution in [1.82, 2.24) is 10.2 Å². The van der Waals surface area contributed by atoms with Gasteiger partial charge in [-0.1, -0.05) is 0 Å². The van der Waals surface area contributed by atoms with Crippen molar-refractivity contribution in [3.05, 3.63) is 23.8 Å². The van der Waals surface area contributed by atoms with Gasteiger partial charge in [0.1, 0.15) is 5.75 Å². The monoisotopic (exact) mass is 333 g/mol. The van der Waals surface area contributed by atoms with Crippen LogP contribution >= 0.6 is 0 Å². The molecule has 0 saturated carbocycles. The molecule has 3 rings (SSSR count). The third kappa shape index (κ3) is 2.49. The molecule has 1 saturated heterocycles. The van der Waals surface area contributed by atoms with E-state index in [1.54, 1.807) is 31.1 Å². The summed E-state index contributed by atoms with van der Waals surface area (Å²) >= 11 is 0. The van der Waals surface area contributed by atoms with Gasteiger partial charge in [-0.15, -0.1) is 0 Å². The summed E-state index contributed by atoms with van der Waals surface area (Å²) in [6.45, 7) is 1.85. The number of amides is 3. The first kappa shape index (κ1) is 16.6. The normalized spacial score (nSPS) is 22.2. The van der Waals surface area contributed by atoms with E-state index in [-0.39, 0.29) is 11.9 Å². The van der Waals surface area contributed by atoms with Crippen molar-refractivity contribution in [2.24, 2.45) is 0 Å². The first-order valence-electron chi connectivity index (χ1n) is 8.02. The Balaban J connectivity index is 1.84. The summed E-state index contributed by atoms with van der Waals surface area (Å²) in [4.78, 5) is 28.6. The first-order chi connectivity index (χ1) is 11.5. The van der Waals surface area contributed by atoms with Crippen LogP contribution in [0.1, 0.15) is 12.0 Å². The van der Waals surface area contributed by atoms with Crippen molar-refractivity contribution >= 4 is 17.6 Å². The number of carbonyl (C=O) groups is 2. The second-order valence-electron chi connectivity index (χ2n) is 6.23. The molecule has 1 spiro atoms. The predicted molar refractivity (Wildman–Crippen MR) is 89.5 cm³/mol. The number of nitrogens with one attached hydrogen (secondary N) is 1. The molecule has 7 nitrogen and oxygen atoms in total. The fraction of sp³-hybridized carbons (Fsp3) is 0.529. The molecule has 130 valence electrons. The van der Waals surface area contributed by atoms with Crippen molar-refractivity contribution < 1.29 is 19.1 Å². The minimum Gasteiger partial charge on any atom is -0.497 e. The van der Waals surface area contributed by atoms with E-state index in [1.807, 2.05) is 18.2 Å². The lowest BCUT2D eigenvalue weighted by atomic mass is 9.81. The third-order valence-electron chi connectivity index (χ3n) is 4.93. The molecule has 24 heavy (non-hydrogen) atoms. The number of hydrogen-bond donors (Lipinski definition) is 1. The molecular formula is C17H23N3O4. The van der Waals surface area contributed by atoms with Gasteiger partial charge in [-0.3, -0.25) is 4.79 Å². The van der Waals surface area contributed by atoms with Crippen LogP contribution in [-0.4, -0.2) is 64.3 Å². The average Bonchev–Trinajstić information content (AvgIpc) is 3.13. The highest BCUT2D eigenvalue weighted by Crippen LogP contribution is 2.47. The fourth-order valence-electron chi connectivity index (χ4n) is 3.61. The molecule has 2 heterocycles. The highest BCUT2D eigenvalue weighted by atomic mass is 16.5. The smallest absolute Gasteiger partial charge is 0.317 e. The Hall–Kier alpha value is -2.28. The highest BCUT2D eigenvalue weighted by molar-refractivity contribution is 6.08. The van der Waals surface area contributed by atoms with E-state index in [9.17, 15) is 9.59 Å². The van der Waals surface area contributed by atoms with E-state index in [0.717, 1.165) is 17.0 Å². The molecule has 0 radical (unpaired) electrons. The molecular weight excluding hydrogens is 310 g/mol. The maximum Gasteiger partial charge on any atom is 0.317 e. The molecule has 0 unspecified atom stereocenters. The topological polar surface area (TPSA) is 71.1 Å². The quantitative estimate of drug-likeness (QED) is 0.834. The number of urea groups is 1. The number of anilines is 1. The maximum absolute atomic E-state index is 12.9. The number of carbonyl (C=O) groups excluding carboxylic acids is 2. The number of likely N-dealkylation sites (N-methyl/N-ethyl adjacent to an activating group) is 1. The summed E-state index contributed by atoms with van der Waals surface area (Å²) in [5, 5.41) is 2.82. The SMILES string of the molecule is COCCNC(=O)N1CC[C@@]2(C1)C(=O)N(C)c1ccc(OC)cc12. The first-order valence-corrected chi connectivity index (χ1v) is 8.02. The van der Waals surface area contributed by atoms with Crippen LogP contribution in [0.3, 0.4) is 0 Å². The molecule has 0 aliphatic carbocycles. The Morgan fingerprint density at radius 1 is 1.38 bits per heavy atom. The van der Waals surface area contributed by atoms with E-state index in [0.29, 0.717) is 32.7 Å². The molecule has 0 aromatic heterocycles. The summed E-state index contributed by atoms with van der Waals surface area (Å²) in [6, 6.07) is 5.52. The van der Waals surface area contributed by atoms with E-state index >= 15 is 0 Å². The number of nitrogens with zero attached hydrogens (tertiary/aromatic N) is 2. The molecule has 2 aliphatic heterocycles. The number of ether oxygens (including phenoxy) is 2. The Morgan fingerprint density at radius 2 is 2.17 bits per heavy atom. The standard InChI is InChI=1S/C17H23N3O4/c1-19-14-5-4-12(24-3)10-13(14)17(15(19)21)6-8-20(11-17)16(22)18-7-9-23-2/h4-5,10H,6-9,11H2,1-3H3,(H,18,22)/t17-/m0/s1. The van der Waals surface area contributed by atoms with Gasteiger partial charge >= 0.3 is 6.03 Å². The van der Waals surface area contributed by atoms with E-state index in [1.165, 1.54) is 0 Å². The number of hydrogen-bond acceptors (Lipinski definition) is 4. The fourth-order valence-corrected chi connectivity index (χ4v) is 3.61.